The van der Waals surface area contributed by atoms with Gasteiger partial charge in [0.1, 0.15) is 12.0 Å². The van der Waals surface area contributed by atoms with Gasteiger partial charge in [-0.2, -0.15) is 4.31 Å². The van der Waals surface area contributed by atoms with Crippen LogP contribution in [-0.2, 0) is 0 Å². The lowest BCUT2D eigenvalue weighted by Crippen LogP contribution is -2.25. The van der Waals surface area contributed by atoms with Crippen molar-refractivity contribution in [3.8, 4) is 0 Å². The number of hydrogen-bond donors (Lipinski definition) is 2. The monoisotopic (exact) mass is 219 g/mol. The summed E-state index contributed by atoms with van der Waals surface area (Å²) in [5.74, 6) is 0. The predicted octanol–water partition coefficient (Wildman–Crippen LogP) is 0.994. The van der Waals surface area contributed by atoms with Crippen molar-refractivity contribution in [2.75, 3.05) is 14.1 Å². The summed E-state index contributed by atoms with van der Waals surface area (Å²) in [4.78, 5) is 14.2. The lowest BCUT2D eigenvalue weighted by molar-refractivity contribution is 0.111. The molecule has 14 heavy (non-hydrogen) atoms. The fourth-order valence-corrected chi connectivity index (χ4v) is 1.93. The minimum Gasteiger partial charge on any atom is -0.296 e. The van der Waals surface area contributed by atoms with E-state index in [0.29, 0.717) is 12.0 Å². The van der Waals surface area contributed by atoms with Crippen molar-refractivity contribution in [3.05, 3.63) is 17.7 Å². The molecule has 0 radical (unpaired) electrons. The first-order valence-electron chi connectivity index (χ1n) is 3.86. The lowest BCUT2D eigenvalue weighted by atomic mass is 10.4. The molecule has 0 amide bonds. The molecular formula is C7H13N3O3S. The molecule has 0 saturated carbocycles. The van der Waals surface area contributed by atoms with E-state index in [1.54, 1.807) is 6.92 Å². The first-order valence-corrected chi connectivity index (χ1v) is 5.32. The standard InChI is InChI=1S/C7H13N3O3S/c1-6-7(4-11)8-5-10(6)14(12,13)9(2)3/h4-5,12-13H,1-3H3. The largest absolute Gasteiger partial charge is 0.296 e. The van der Waals surface area contributed by atoms with Crippen molar-refractivity contribution in [1.29, 1.82) is 0 Å². The van der Waals surface area contributed by atoms with Gasteiger partial charge in [-0.25, -0.2) is 8.96 Å². The number of carbonyl (C=O) groups is 1. The van der Waals surface area contributed by atoms with Gasteiger partial charge in [-0.15, -0.1) is 0 Å². The molecule has 80 valence electrons. The van der Waals surface area contributed by atoms with E-state index in [1.807, 2.05) is 0 Å². The van der Waals surface area contributed by atoms with Crippen molar-refractivity contribution in [1.82, 2.24) is 13.3 Å². The third-order valence-corrected chi connectivity index (χ3v) is 3.74. The number of hydrogen-bond acceptors (Lipinski definition) is 5. The van der Waals surface area contributed by atoms with Crippen molar-refractivity contribution in [2.45, 2.75) is 6.92 Å². The van der Waals surface area contributed by atoms with Crippen molar-refractivity contribution < 1.29 is 13.9 Å². The number of aromatic nitrogens is 2. The molecule has 0 bridgehead atoms. The third-order valence-electron chi connectivity index (χ3n) is 1.87. The molecule has 0 saturated heterocycles. The number of aldehydes is 1. The van der Waals surface area contributed by atoms with Crippen LogP contribution in [0, 0.1) is 6.92 Å². The number of rotatable bonds is 3. The van der Waals surface area contributed by atoms with Gasteiger partial charge in [0.25, 0.3) is 0 Å². The average molecular weight is 219 g/mol. The van der Waals surface area contributed by atoms with Crippen LogP contribution in [0.25, 0.3) is 0 Å². The normalized spacial score (nSPS) is 13.3. The fraction of sp³-hybridized carbons (Fsp3) is 0.429. The number of carbonyl (C=O) groups excluding carboxylic acids is 1. The van der Waals surface area contributed by atoms with E-state index < -0.39 is 11.0 Å². The van der Waals surface area contributed by atoms with Crippen LogP contribution < -0.4 is 0 Å². The van der Waals surface area contributed by atoms with Crippen LogP contribution in [0.15, 0.2) is 6.33 Å². The van der Waals surface area contributed by atoms with E-state index in [2.05, 4.69) is 4.98 Å². The highest BCUT2D eigenvalue weighted by Crippen LogP contribution is 2.43. The highest BCUT2D eigenvalue weighted by Gasteiger charge is 2.21. The Balaban J connectivity index is 3.19. The molecule has 0 fully saturated rings. The van der Waals surface area contributed by atoms with Gasteiger partial charge in [-0.3, -0.25) is 13.9 Å². The topological polar surface area (TPSA) is 78.6 Å². The Morgan fingerprint density at radius 1 is 1.57 bits per heavy atom. The SMILES string of the molecule is Cc1c(C=O)ncn1S(O)(O)N(C)C. The summed E-state index contributed by atoms with van der Waals surface area (Å²) in [6, 6.07) is 0. The smallest absolute Gasteiger partial charge is 0.170 e. The second-order valence-corrected chi connectivity index (χ2v) is 5.06. The molecule has 0 aromatic carbocycles. The van der Waals surface area contributed by atoms with E-state index in [1.165, 1.54) is 28.7 Å². The second kappa shape index (κ2) is 3.70. The Hall–Kier alpha value is -0.890. The van der Waals surface area contributed by atoms with Crippen LogP contribution in [0.5, 0.6) is 0 Å². The number of imidazole rings is 1. The highest BCUT2D eigenvalue weighted by molar-refractivity contribution is 8.20. The molecule has 0 spiro atoms. The minimum atomic E-state index is -3.07. The summed E-state index contributed by atoms with van der Waals surface area (Å²) >= 11 is 0. The Labute approximate surface area is 83.8 Å². The van der Waals surface area contributed by atoms with Crippen molar-refractivity contribution in [2.24, 2.45) is 0 Å². The van der Waals surface area contributed by atoms with E-state index >= 15 is 0 Å². The molecule has 1 rings (SSSR count). The first-order chi connectivity index (χ1) is 6.41. The zero-order valence-corrected chi connectivity index (χ0v) is 9.02. The predicted molar refractivity (Wildman–Crippen MR) is 54.3 cm³/mol. The fourth-order valence-electron chi connectivity index (χ4n) is 0.946. The Morgan fingerprint density at radius 2 is 2.14 bits per heavy atom. The Kier molecular flexibility index (Phi) is 2.95. The molecule has 0 aliphatic heterocycles. The molecule has 0 unspecified atom stereocenters. The van der Waals surface area contributed by atoms with Crippen LogP contribution in [0.3, 0.4) is 0 Å². The number of nitrogens with zero attached hydrogens (tertiary/aromatic N) is 3. The Morgan fingerprint density at radius 3 is 2.50 bits per heavy atom. The zero-order valence-electron chi connectivity index (χ0n) is 8.21. The molecule has 1 heterocycles. The third kappa shape index (κ3) is 1.67. The van der Waals surface area contributed by atoms with Gasteiger partial charge < -0.3 is 0 Å². The van der Waals surface area contributed by atoms with Crippen molar-refractivity contribution in [3.63, 3.8) is 0 Å². The minimum absolute atomic E-state index is 0.215. The molecular weight excluding hydrogens is 206 g/mol. The molecule has 0 aliphatic rings. The maximum Gasteiger partial charge on any atom is 0.170 e. The lowest BCUT2D eigenvalue weighted by Gasteiger charge is -2.39. The van der Waals surface area contributed by atoms with E-state index in [9.17, 15) is 13.9 Å². The summed E-state index contributed by atoms with van der Waals surface area (Å²) in [6.45, 7) is 1.61. The van der Waals surface area contributed by atoms with Gasteiger partial charge in [-0.05, 0) is 17.9 Å². The van der Waals surface area contributed by atoms with Gasteiger partial charge in [0.05, 0.1) is 5.69 Å². The van der Waals surface area contributed by atoms with Crippen LogP contribution >= 0.6 is 11.0 Å². The van der Waals surface area contributed by atoms with Gasteiger partial charge in [0.15, 0.2) is 6.29 Å². The van der Waals surface area contributed by atoms with Gasteiger partial charge in [-0.1, -0.05) is 0 Å². The molecule has 2 N–H and O–H groups in total. The van der Waals surface area contributed by atoms with Crippen LogP contribution in [0.4, 0.5) is 0 Å². The molecule has 1 aromatic heterocycles. The zero-order chi connectivity index (χ0) is 10.9. The average Bonchev–Trinajstić information content (AvgIpc) is 2.46. The summed E-state index contributed by atoms with van der Waals surface area (Å²) in [7, 11) is 0.00590. The van der Waals surface area contributed by atoms with Gasteiger partial charge in [0.2, 0.25) is 0 Å². The summed E-state index contributed by atoms with van der Waals surface area (Å²) in [5, 5.41) is 0. The van der Waals surface area contributed by atoms with Crippen LogP contribution in [0.1, 0.15) is 16.2 Å². The quantitative estimate of drug-likeness (QED) is 0.741. The van der Waals surface area contributed by atoms with Crippen LogP contribution in [-0.4, -0.2) is 42.7 Å². The highest BCUT2D eigenvalue weighted by atomic mass is 32.3. The van der Waals surface area contributed by atoms with Crippen molar-refractivity contribution >= 4 is 17.2 Å². The van der Waals surface area contributed by atoms with E-state index in [0.717, 1.165) is 0 Å². The molecule has 1 aromatic rings. The van der Waals surface area contributed by atoms with Crippen LogP contribution in [0.2, 0.25) is 0 Å². The van der Waals surface area contributed by atoms with Gasteiger partial charge in [0, 0.05) is 14.1 Å². The molecule has 7 heteroatoms. The maximum absolute atomic E-state index is 10.5. The molecule has 6 nitrogen and oxygen atoms in total. The van der Waals surface area contributed by atoms with E-state index in [4.69, 9.17) is 0 Å². The first kappa shape index (κ1) is 11.2. The van der Waals surface area contributed by atoms with E-state index in [-0.39, 0.29) is 5.69 Å². The second-order valence-electron chi connectivity index (χ2n) is 2.96. The summed E-state index contributed by atoms with van der Waals surface area (Å²) in [5.41, 5.74) is 0.653. The summed E-state index contributed by atoms with van der Waals surface area (Å²) in [6.07, 6.45) is 1.82. The molecule has 0 atom stereocenters. The molecule has 0 aliphatic carbocycles. The summed E-state index contributed by atoms with van der Waals surface area (Å²) < 4.78 is 21.9. The van der Waals surface area contributed by atoms with Gasteiger partial charge >= 0.3 is 0 Å². The maximum atomic E-state index is 10.5. The Bertz CT molecular complexity index is 348.